The van der Waals surface area contributed by atoms with Crippen molar-refractivity contribution in [1.29, 1.82) is 0 Å². The summed E-state index contributed by atoms with van der Waals surface area (Å²) in [4.78, 5) is 15.7. The van der Waals surface area contributed by atoms with Gasteiger partial charge in [0.2, 0.25) is 0 Å². The fourth-order valence-corrected chi connectivity index (χ4v) is 5.38. The molecular weight excluding hydrogens is 549 g/mol. The van der Waals surface area contributed by atoms with Crippen LogP contribution in [0.4, 0.5) is 18.9 Å². The second kappa shape index (κ2) is 12.2. The van der Waals surface area contributed by atoms with Crippen molar-refractivity contribution in [3.05, 3.63) is 149 Å². The Balaban J connectivity index is 1.11. The molecule has 0 fully saturated rings. The van der Waals surface area contributed by atoms with Crippen molar-refractivity contribution in [2.45, 2.75) is 25.7 Å². The topological polar surface area (TPSA) is 41.6 Å². The van der Waals surface area contributed by atoms with Crippen LogP contribution in [0.5, 0.6) is 11.5 Å². The highest BCUT2D eigenvalue weighted by Crippen LogP contribution is 2.32. The van der Waals surface area contributed by atoms with Crippen LogP contribution in [0.1, 0.15) is 32.6 Å². The first-order chi connectivity index (χ1) is 20.8. The molecule has 43 heavy (non-hydrogen) atoms. The molecule has 0 aromatic heterocycles. The average molecular weight is 579 g/mol. The number of fused-ring (bicyclic) bond motifs is 1. The molecule has 0 spiro atoms. The van der Waals surface area contributed by atoms with Gasteiger partial charge in [-0.15, -0.1) is 0 Å². The summed E-state index contributed by atoms with van der Waals surface area (Å²) in [7, 11) is 0. The van der Waals surface area contributed by atoms with Gasteiger partial charge >= 0.3 is 6.18 Å². The van der Waals surface area contributed by atoms with Crippen LogP contribution in [0.15, 0.2) is 121 Å². The van der Waals surface area contributed by atoms with Gasteiger partial charge in [-0.2, -0.15) is 13.2 Å². The maximum absolute atomic E-state index is 13.3. The lowest BCUT2D eigenvalue weighted by molar-refractivity contribution is -0.137. The number of nitrogens with zero attached hydrogens (tertiary/aromatic N) is 1. The second-order valence-corrected chi connectivity index (χ2v) is 10.6. The Morgan fingerprint density at radius 1 is 0.767 bits per heavy atom. The van der Waals surface area contributed by atoms with Crippen LogP contribution in [0, 0.1) is 0 Å². The molecule has 1 N–H and O–H groups in total. The number of anilines is 1. The SMILES string of the molecule is O=C(Nc1ccc2c(c1)CCN(Cc1cccc(Oc3ccccc3)c1)C2)c1ccccc1-c1ccc(C(F)(F)F)cc1. The highest BCUT2D eigenvalue weighted by molar-refractivity contribution is 6.08. The first-order valence-corrected chi connectivity index (χ1v) is 14.1. The van der Waals surface area contributed by atoms with Gasteiger partial charge in [0.25, 0.3) is 5.91 Å². The number of benzene rings is 5. The largest absolute Gasteiger partial charge is 0.457 e. The molecule has 4 nitrogen and oxygen atoms in total. The van der Waals surface area contributed by atoms with Gasteiger partial charge in [-0.05, 0) is 88.8 Å². The number of halogens is 3. The molecule has 1 aliphatic rings. The standard InChI is InChI=1S/C36H29F3N2O2/c37-36(38,39)29-16-13-26(14-17-29)33-11-4-5-12-34(33)35(42)40-30-18-15-28-24-41(20-19-27(28)22-30)23-25-7-6-10-32(21-25)43-31-8-2-1-3-9-31/h1-18,21-22H,19-20,23-24H2,(H,40,42). The number of hydrogen-bond donors (Lipinski definition) is 1. The van der Waals surface area contributed by atoms with E-state index in [-0.39, 0.29) is 5.91 Å². The van der Waals surface area contributed by atoms with E-state index >= 15 is 0 Å². The van der Waals surface area contributed by atoms with Crippen molar-refractivity contribution >= 4 is 11.6 Å². The van der Waals surface area contributed by atoms with Crippen LogP contribution in [-0.2, 0) is 25.7 Å². The summed E-state index contributed by atoms with van der Waals surface area (Å²) in [5.74, 6) is 1.30. The predicted octanol–water partition coefficient (Wildman–Crippen LogP) is 8.98. The van der Waals surface area contributed by atoms with Crippen LogP contribution >= 0.6 is 0 Å². The van der Waals surface area contributed by atoms with Crippen molar-refractivity contribution in [3.63, 3.8) is 0 Å². The number of para-hydroxylation sites is 1. The van der Waals surface area contributed by atoms with Gasteiger partial charge in [-0.1, -0.05) is 66.7 Å². The van der Waals surface area contributed by atoms with Crippen LogP contribution in [-0.4, -0.2) is 17.4 Å². The average Bonchev–Trinajstić information content (AvgIpc) is 3.01. The molecule has 7 heteroatoms. The third-order valence-corrected chi connectivity index (χ3v) is 7.53. The molecule has 5 aromatic rings. The molecule has 0 unspecified atom stereocenters. The zero-order valence-corrected chi connectivity index (χ0v) is 23.3. The molecule has 1 amide bonds. The first kappa shape index (κ1) is 28.2. The Labute approximate surface area is 248 Å². The van der Waals surface area contributed by atoms with Gasteiger partial charge in [0.1, 0.15) is 11.5 Å². The Morgan fingerprint density at radius 2 is 1.51 bits per heavy atom. The van der Waals surface area contributed by atoms with E-state index in [1.165, 1.54) is 28.8 Å². The minimum Gasteiger partial charge on any atom is -0.457 e. The molecule has 0 atom stereocenters. The summed E-state index contributed by atoms with van der Waals surface area (Å²) in [6.45, 7) is 2.47. The Bertz CT molecular complexity index is 1730. The van der Waals surface area contributed by atoms with E-state index in [1.807, 2.05) is 60.7 Å². The lowest BCUT2D eigenvalue weighted by Crippen LogP contribution is -2.30. The van der Waals surface area contributed by atoms with Gasteiger partial charge < -0.3 is 10.1 Å². The molecule has 0 saturated carbocycles. The van der Waals surface area contributed by atoms with Gasteiger partial charge in [-0.3, -0.25) is 9.69 Å². The number of carbonyl (C=O) groups is 1. The molecule has 0 aliphatic carbocycles. The third kappa shape index (κ3) is 6.79. The van der Waals surface area contributed by atoms with Gasteiger partial charge in [0.15, 0.2) is 0 Å². The van der Waals surface area contributed by atoms with Crippen LogP contribution in [0.2, 0.25) is 0 Å². The Hall–Kier alpha value is -4.88. The molecule has 1 heterocycles. The number of alkyl halides is 3. The fraction of sp³-hybridized carbons (Fsp3) is 0.139. The maximum Gasteiger partial charge on any atom is 0.416 e. The lowest BCUT2D eigenvalue weighted by Gasteiger charge is -2.29. The minimum atomic E-state index is -4.42. The van der Waals surface area contributed by atoms with E-state index in [9.17, 15) is 18.0 Å². The van der Waals surface area contributed by atoms with Crippen LogP contribution in [0.25, 0.3) is 11.1 Å². The Kier molecular flexibility index (Phi) is 7.99. The van der Waals surface area contributed by atoms with Crippen molar-refractivity contribution in [1.82, 2.24) is 4.90 Å². The highest BCUT2D eigenvalue weighted by atomic mass is 19.4. The van der Waals surface area contributed by atoms with Gasteiger partial charge in [-0.25, -0.2) is 0 Å². The van der Waals surface area contributed by atoms with Crippen molar-refractivity contribution in [2.24, 2.45) is 0 Å². The molecule has 0 saturated heterocycles. The van der Waals surface area contributed by atoms with E-state index in [0.29, 0.717) is 22.4 Å². The van der Waals surface area contributed by atoms with Crippen molar-refractivity contribution in [2.75, 3.05) is 11.9 Å². The second-order valence-electron chi connectivity index (χ2n) is 10.6. The van der Waals surface area contributed by atoms with Crippen LogP contribution < -0.4 is 10.1 Å². The summed E-state index contributed by atoms with van der Waals surface area (Å²) < 4.78 is 45.1. The molecule has 0 bridgehead atoms. The maximum atomic E-state index is 13.3. The molecule has 6 rings (SSSR count). The summed E-state index contributed by atoms with van der Waals surface area (Å²) in [5, 5.41) is 2.98. The molecular formula is C36H29F3N2O2. The quantitative estimate of drug-likeness (QED) is 0.210. The third-order valence-electron chi connectivity index (χ3n) is 7.53. The molecule has 0 radical (unpaired) electrons. The zero-order chi connectivity index (χ0) is 29.8. The summed E-state index contributed by atoms with van der Waals surface area (Å²) >= 11 is 0. The molecule has 216 valence electrons. The summed E-state index contributed by atoms with van der Waals surface area (Å²) in [5.41, 5.74) is 5.04. The fourth-order valence-electron chi connectivity index (χ4n) is 5.38. The molecule has 5 aromatic carbocycles. The monoisotopic (exact) mass is 578 g/mol. The molecule has 1 aliphatic heterocycles. The number of hydrogen-bond acceptors (Lipinski definition) is 3. The van der Waals surface area contributed by atoms with E-state index in [4.69, 9.17) is 4.74 Å². The first-order valence-electron chi connectivity index (χ1n) is 14.1. The summed E-state index contributed by atoms with van der Waals surface area (Å²) in [6, 6.07) is 35.6. The van der Waals surface area contributed by atoms with E-state index in [2.05, 4.69) is 22.3 Å². The number of carbonyl (C=O) groups excluding carboxylic acids is 1. The van der Waals surface area contributed by atoms with Gasteiger partial charge in [0.05, 0.1) is 5.56 Å². The van der Waals surface area contributed by atoms with Crippen molar-refractivity contribution in [3.8, 4) is 22.6 Å². The smallest absolute Gasteiger partial charge is 0.416 e. The number of amides is 1. The normalized spacial score (nSPS) is 13.3. The number of rotatable bonds is 7. The number of ether oxygens (including phenoxy) is 1. The highest BCUT2D eigenvalue weighted by Gasteiger charge is 2.30. The van der Waals surface area contributed by atoms with E-state index < -0.39 is 11.7 Å². The summed E-state index contributed by atoms with van der Waals surface area (Å²) in [6.07, 6.45) is -3.57. The van der Waals surface area contributed by atoms with Crippen molar-refractivity contribution < 1.29 is 22.7 Å². The zero-order valence-electron chi connectivity index (χ0n) is 23.3. The van der Waals surface area contributed by atoms with E-state index in [0.717, 1.165) is 49.7 Å². The minimum absolute atomic E-state index is 0.314. The van der Waals surface area contributed by atoms with E-state index in [1.54, 1.807) is 24.3 Å². The Morgan fingerprint density at radius 3 is 2.30 bits per heavy atom. The lowest BCUT2D eigenvalue weighted by atomic mass is 9.97. The van der Waals surface area contributed by atoms with Gasteiger partial charge in [0, 0.05) is 30.9 Å². The predicted molar refractivity (Wildman–Crippen MR) is 162 cm³/mol. The number of nitrogens with one attached hydrogen (secondary N) is 1. The van der Waals surface area contributed by atoms with Crippen LogP contribution in [0.3, 0.4) is 0 Å².